The summed E-state index contributed by atoms with van der Waals surface area (Å²) in [5, 5.41) is 9.39. The van der Waals surface area contributed by atoms with E-state index in [1.807, 2.05) is 12.1 Å². The molecule has 1 aliphatic heterocycles. The maximum Gasteiger partial charge on any atom is 0.312 e. The standard InChI is InChI=1S/C14H19NO4/c1-18-12-4-2-11(3-5-12)13(14(16)17)10-15-6-8-19-9-7-15/h2-5,13H,6-10H2,1H3,(H,16,17). The number of ether oxygens (including phenoxy) is 2. The Morgan fingerprint density at radius 3 is 2.53 bits per heavy atom. The smallest absolute Gasteiger partial charge is 0.312 e. The Balaban J connectivity index is 2.07. The zero-order valence-corrected chi connectivity index (χ0v) is 11.0. The first kappa shape index (κ1) is 13.8. The molecule has 1 heterocycles. The Morgan fingerprint density at radius 1 is 1.37 bits per heavy atom. The van der Waals surface area contributed by atoms with E-state index in [-0.39, 0.29) is 0 Å². The molecule has 2 rings (SSSR count). The maximum atomic E-state index is 11.4. The highest BCUT2D eigenvalue weighted by Gasteiger charge is 2.24. The highest BCUT2D eigenvalue weighted by molar-refractivity contribution is 5.76. The van der Waals surface area contributed by atoms with Gasteiger partial charge >= 0.3 is 5.97 Å². The average Bonchev–Trinajstić information content (AvgIpc) is 2.46. The molecule has 1 aromatic carbocycles. The fraction of sp³-hybridized carbons (Fsp3) is 0.500. The molecule has 5 heteroatoms. The van der Waals surface area contributed by atoms with Crippen molar-refractivity contribution in [3.8, 4) is 5.75 Å². The van der Waals surface area contributed by atoms with Crippen LogP contribution >= 0.6 is 0 Å². The molecule has 0 aromatic heterocycles. The summed E-state index contributed by atoms with van der Waals surface area (Å²) in [5.74, 6) is -0.570. The Hall–Kier alpha value is -1.59. The predicted octanol–water partition coefficient (Wildman–Crippen LogP) is 1.20. The normalized spacial score (nSPS) is 17.9. The van der Waals surface area contributed by atoms with Gasteiger partial charge in [0.15, 0.2) is 0 Å². The van der Waals surface area contributed by atoms with Gasteiger partial charge in [-0.3, -0.25) is 9.69 Å². The molecule has 0 amide bonds. The van der Waals surface area contributed by atoms with E-state index in [9.17, 15) is 9.90 Å². The molecule has 1 saturated heterocycles. The molecular weight excluding hydrogens is 246 g/mol. The van der Waals surface area contributed by atoms with Crippen LogP contribution in [0.4, 0.5) is 0 Å². The molecule has 1 N–H and O–H groups in total. The van der Waals surface area contributed by atoms with E-state index < -0.39 is 11.9 Å². The monoisotopic (exact) mass is 265 g/mol. The minimum atomic E-state index is -0.795. The SMILES string of the molecule is COc1ccc(C(CN2CCOCC2)C(=O)O)cc1. The van der Waals surface area contributed by atoms with E-state index in [2.05, 4.69) is 4.90 Å². The molecule has 1 fully saturated rings. The number of aliphatic carboxylic acids is 1. The highest BCUT2D eigenvalue weighted by atomic mass is 16.5. The zero-order valence-electron chi connectivity index (χ0n) is 11.0. The summed E-state index contributed by atoms with van der Waals surface area (Å²) in [7, 11) is 1.59. The second-order valence-electron chi connectivity index (χ2n) is 4.58. The number of hydrogen-bond acceptors (Lipinski definition) is 4. The molecule has 0 spiro atoms. The van der Waals surface area contributed by atoms with Crippen molar-refractivity contribution in [2.75, 3.05) is 40.0 Å². The van der Waals surface area contributed by atoms with Crippen LogP contribution < -0.4 is 4.74 Å². The number of nitrogens with zero attached hydrogens (tertiary/aromatic N) is 1. The van der Waals surface area contributed by atoms with Gasteiger partial charge in [0.25, 0.3) is 0 Å². The molecule has 1 unspecified atom stereocenters. The summed E-state index contributed by atoms with van der Waals surface area (Å²) in [5.41, 5.74) is 0.805. The van der Waals surface area contributed by atoms with Crippen molar-refractivity contribution in [3.05, 3.63) is 29.8 Å². The van der Waals surface area contributed by atoms with E-state index in [0.29, 0.717) is 19.8 Å². The number of benzene rings is 1. The Kier molecular flexibility index (Phi) is 4.76. The predicted molar refractivity (Wildman–Crippen MR) is 70.6 cm³/mol. The second-order valence-corrected chi connectivity index (χ2v) is 4.58. The van der Waals surface area contributed by atoms with E-state index in [0.717, 1.165) is 24.4 Å². The topological polar surface area (TPSA) is 59.0 Å². The lowest BCUT2D eigenvalue weighted by Crippen LogP contribution is -2.40. The minimum absolute atomic E-state index is 0.510. The lowest BCUT2D eigenvalue weighted by atomic mass is 9.98. The van der Waals surface area contributed by atoms with Crippen molar-refractivity contribution < 1.29 is 19.4 Å². The largest absolute Gasteiger partial charge is 0.497 e. The fourth-order valence-electron chi connectivity index (χ4n) is 2.20. The molecule has 1 aliphatic rings. The fourth-order valence-corrected chi connectivity index (χ4v) is 2.20. The van der Waals surface area contributed by atoms with Crippen LogP contribution in [0.1, 0.15) is 11.5 Å². The van der Waals surface area contributed by atoms with Crippen LogP contribution in [0.25, 0.3) is 0 Å². The van der Waals surface area contributed by atoms with Gasteiger partial charge in [-0.25, -0.2) is 0 Å². The Bertz CT molecular complexity index is 412. The van der Waals surface area contributed by atoms with Crippen molar-refractivity contribution >= 4 is 5.97 Å². The number of morpholine rings is 1. The molecule has 1 atom stereocenters. The summed E-state index contributed by atoms with van der Waals surface area (Å²) >= 11 is 0. The molecule has 0 saturated carbocycles. The number of methoxy groups -OCH3 is 1. The van der Waals surface area contributed by atoms with E-state index in [1.54, 1.807) is 19.2 Å². The first-order valence-corrected chi connectivity index (χ1v) is 6.37. The van der Waals surface area contributed by atoms with E-state index in [4.69, 9.17) is 9.47 Å². The molecule has 0 radical (unpaired) electrons. The van der Waals surface area contributed by atoms with Gasteiger partial charge in [-0.05, 0) is 17.7 Å². The van der Waals surface area contributed by atoms with Crippen LogP contribution in [0.15, 0.2) is 24.3 Å². The molecular formula is C14H19NO4. The summed E-state index contributed by atoms with van der Waals surface area (Å²) in [6.07, 6.45) is 0. The van der Waals surface area contributed by atoms with Crippen LogP contribution in [0, 0.1) is 0 Å². The lowest BCUT2D eigenvalue weighted by molar-refractivity contribution is -0.139. The van der Waals surface area contributed by atoms with Crippen molar-refractivity contribution in [2.24, 2.45) is 0 Å². The minimum Gasteiger partial charge on any atom is -0.497 e. The average molecular weight is 265 g/mol. The third-order valence-electron chi connectivity index (χ3n) is 3.36. The molecule has 19 heavy (non-hydrogen) atoms. The van der Waals surface area contributed by atoms with Crippen LogP contribution in [0.2, 0.25) is 0 Å². The number of carbonyl (C=O) groups is 1. The first-order chi connectivity index (χ1) is 9.20. The lowest BCUT2D eigenvalue weighted by Gasteiger charge is -2.29. The van der Waals surface area contributed by atoms with Gasteiger partial charge in [-0.1, -0.05) is 12.1 Å². The Labute approximate surface area is 112 Å². The summed E-state index contributed by atoms with van der Waals surface area (Å²) in [4.78, 5) is 13.6. The quantitative estimate of drug-likeness (QED) is 0.866. The van der Waals surface area contributed by atoms with Crippen LogP contribution in [0.3, 0.4) is 0 Å². The summed E-state index contributed by atoms with van der Waals surface area (Å²) in [6.45, 7) is 3.45. The third kappa shape index (κ3) is 3.68. The van der Waals surface area contributed by atoms with Gasteiger partial charge in [0.2, 0.25) is 0 Å². The summed E-state index contributed by atoms with van der Waals surface area (Å²) in [6, 6.07) is 7.23. The second kappa shape index (κ2) is 6.54. The van der Waals surface area contributed by atoms with E-state index in [1.165, 1.54) is 0 Å². The van der Waals surface area contributed by atoms with E-state index >= 15 is 0 Å². The van der Waals surface area contributed by atoms with Gasteiger partial charge < -0.3 is 14.6 Å². The Morgan fingerprint density at radius 2 is 2.00 bits per heavy atom. The van der Waals surface area contributed by atoms with Crippen LogP contribution in [-0.2, 0) is 9.53 Å². The molecule has 104 valence electrons. The zero-order chi connectivity index (χ0) is 13.7. The van der Waals surface area contributed by atoms with Gasteiger partial charge in [-0.2, -0.15) is 0 Å². The number of hydrogen-bond donors (Lipinski definition) is 1. The van der Waals surface area contributed by atoms with Crippen LogP contribution in [0.5, 0.6) is 5.75 Å². The number of rotatable bonds is 5. The molecule has 0 aliphatic carbocycles. The van der Waals surface area contributed by atoms with Gasteiger partial charge in [0, 0.05) is 19.6 Å². The van der Waals surface area contributed by atoms with Crippen molar-refractivity contribution in [3.63, 3.8) is 0 Å². The van der Waals surface area contributed by atoms with Crippen molar-refractivity contribution in [1.82, 2.24) is 4.90 Å². The van der Waals surface area contributed by atoms with Gasteiger partial charge in [0.05, 0.1) is 26.2 Å². The van der Waals surface area contributed by atoms with Crippen molar-refractivity contribution in [1.29, 1.82) is 0 Å². The highest BCUT2D eigenvalue weighted by Crippen LogP contribution is 2.21. The molecule has 5 nitrogen and oxygen atoms in total. The molecule has 1 aromatic rings. The number of carboxylic acid groups (broad SMARTS) is 1. The van der Waals surface area contributed by atoms with Crippen molar-refractivity contribution in [2.45, 2.75) is 5.92 Å². The molecule has 0 bridgehead atoms. The summed E-state index contributed by atoms with van der Waals surface area (Å²) < 4.78 is 10.4. The van der Waals surface area contributed by atoms with Gasteiger partial charge in [0.1, 0.15) is 5.75 Å². The maximum absolute atomic E-state index is 11.4. The number of carboxylic acids is 1. The first-order valence-electron chi connectivity index (χ1n) is 6.37. The van der Waals surface area contributed by atoms with Crippen LogP contribution in [-0.4, -0.2) is 55.9 Å². The van der Waals surface area contributed by atoms with Gasteiger partial charge in [-0.15, -0.1) is 0 Å². The third-order valence-corrected chi connectivity index (χ3v) is 3.36.